The standard InChI is InChI=1S/C17H23N5O2/c1-13-8-19-17(20-13)15-11-22(6-7-24-15)16(23)12-21(2)10-14-4-3-5-18-9-14/h3-5,8-9,15H,6-7,10-12H2,1-2H3,(H,19,20). The Labute approximate surface area is 141 Å². The molecule has 128 valence electrons. The number of ether oxygens (including phenoxy) is 1. The molecule has 2 aromatic heterocycles. The summed E-state index contributed by atoms with van der Waals surface area (Å²) in [6, 6.07) is 3.92. The van der Waals surface area contributed by atoms with E-state index in [9.17, 15) is 4.79 Å². The van der Waals surface area contributed by atoms with Crippen molar-refractivity contribution in [2.75, 3.05) is 33.3 Å². The number of aryl methyl sites for hydroxylation is 1. The number of hydrogen-bond donors (Lipinski definition) is 1. The Kier molecular flexibility index (Phi) is 5.22. The first-order valence-corrected chi connectivity index (χ1v) is 8.10. The van der Waals surface area contributed by atoms with Crippen LogP contribution >= 0.6 is 0 Å². The van der Waals surface area contributed by atoms with Crippen molar-refractivity contribution in [2.24, 2.45) is 0 Å². The second-order valence-corrected chi connectivity index (χ2v) is 6.18. The Bertz CT molecular complexity index is 673. The minimum absolute atomic E-state index is 0.109. The summed E-state index contributed by atoms with van der Waals surface area (Å²) < 4.78 is 5.75. The number of aromatic nitrogens is 3. The fourth-order valence-electron chi connectivity index (χ4n) is 2.83. The molecule has 1 saturated heterocycles. The Morgan fingerprint density at radius 2 is 2.38 bits per heavy atom. The zero-order valence-corrected chi connectivity index (χ0v) is 14.1. The molecule has 1 aliphatic heterocycles. The van der Waals surface area contributed by atoms with E-state index in [-0.39, 0.29) is 12.0 Å². The monoisotopic (exact) mass is 329 g/mol. The van der Waals surface area contributed by atoms with Crippen molar-refractivity contribution in [2.45, 2.75) is 19.6 Å². The molecule has 0 spiro atoms. The molecule has 7 nitrogen and oxygen atoms in total. The summed E-state index contributed by atoms with van der Waals surface area (Å²) in [5, 5.41) is 0. The van der Waals surface area contributed by atoms with Crippen molar-refractivity contribution in [3.63, 3.8) is 0 Å². The number of nitrogens with one attached hydrogen (secondary N) is 1. The summed E-state index contributed by atoms with van der Waals surface area (Å²) in [5.41, 5.74) is 2.09. The quantitative estimate of drug-likeness (QED) is 0.890. The van der Waals surface area contributed by atoms with E-state index in [2.05, 4.69) is 15.0 Å². The van der Waals surface area contributed by atoms with Crippen LogP contribution < -0.4 is 0 Å². The van der Waals surface area contributed by atoms with E-state index in [4.69, 9.17) is 4.74 Å². The van der Waals surface area contributed by atoms with Crippen LogP contribution in [-0.4, -0.2) is 63.9 Å². The van der Waals surface area contributed by atoms with E-state index in [0.717, 1.165) is 17.1 Å². The van der Waals surface area contributed by atoms with Gasteiger partial charge in [0.15, 0.2) is 0 Å². The van der Waals surface area contributed by atoms with E-state index in [0.29, 0.717) is 32.8 Å². The summed E-state index contributed by atoms with van der Waals surface area (Å²) in [7, 11) is 1.94. The van der Waals surface area contributed by atoms with Gasteiger partial charge in [-0.15, -0.1) is 0 Å². The number of hydrogen-bond acceptors (Lipinski definition) is 5. The van der Waals surface area contributed by atoms with Gasteiger partial charge in [-0.3, -0.25) is 14.7 Å². The van der Waals surface area contributed by atoms with Crippen molar-refractivity contribution in [1.29, 1.82) is 0 Å². The third-order valence-corrected chi connectivity index (χ3v) is 4.03. The molecule has 1 amide bonds. The molecule has 1 aliphatic rings. The van der Waals surface area contributed by atoms with Crippen molar-refractivity contribution in [3.8, 4) is 0 Å². The number of nitrogens with zero attached hydrogens (tertiary/aromatic N) is 4. The summed E-state index contributed by atoms with van der Waals surface area (Å²) in [6.07, 6.45) is 5.17. The summed E-state index contributed by atoms with van der Waals surface area (Å²) in [4.78, 5) is 28.0. The lowest BCUT2D eigenvalue weighted by Crippen LogP contribution is -2.46. The number of rotatable bonds is 5. The number of pyridine rings is 1. The summed E-state index contributed by atoms with van der Waals surface area (Å²) in [5.74, 6) is 0.895. The topological polar surface area (TPSA) is 74.3 Å². The number of morpholine rings is 1. The first kappa shape index (κ1) is 16.6. The van der Waals surface area contributed by atoms with Crippen LogP contribution in [0.5, 0.6) is 0 Å². The molecule has 0 aliphatic carbocycles. The van der Waals surface area contributed by atoms with Crippen molar-refractivity contribution in [3.05, 3.63) is 47.8 Å². The first-order valence-electron chi connectivity index (χ1n) is 8.10. The zero-order chi connectivity index (χ0) is 16.9. The van der Waals surface area contributed by atoms with Gasteiger partial charge in [0.05, 0.1) is 19.7 Å². The largest absolute Gasteiger partial charge is 0.367 e. The zero-order valence-electron chi connectivity index (χ0n) is 14.1. The lowest BCUT2D eigenvalue weighted by atomic mass is 10.2. The first-order chi connectivity index (χ1) is 11.6. The SMILES string of the molecule is Cc1cnc(C2CN(C(=O)CN(C)Cc3cccnc3)CCO2)[nH]1. The average molecular weight is 329 g/mol. The smallest absolute Gasteiger partial charge is 0.236 e. The van der Waals surface area contributed by atoms with Gasteiger partial charge in [0.2, 0.25) is 5.91 Å². The Balaban J connectivity index is 1.54. The van der Waals surface area contributed by atoms with Gasteiger partial charge in [-0.25, -0.2) is 4.98 Å². The molecular formula is C17H23N5O2. The van der Waals surface area contributed by atoms with Gasteiger partial charge >= 0.3 is 0 Å². The van der Waals surface area contributed by atoms with Crippen LogP contribution in [0.1, 0.15) is 23.2 Å². The molecular weight excluding hydrogens is 306 g/mol. The minimum atomic E-state index is -0.181. The molecule has 1 fully saturated rings. The lowest BCUT2D eigenvalue weighted by molar-refractivity contribution is -0.140. The van der Waals surface area contributed by atoms with E-state index < -0.39 is 0 Å². The molecule has 1 unspecified atom stereocenters. The highest BCUT2D eigenvalue weighted by molar-refractivity contribution is 5.78. The number of carbonyl (C=O) groups excluding carboxylic acids is 1. The fraction of sp³-hybridized carbons (Fsp3) is 0.471. The number of carbonyl (C=O) groups is 1. The number of imidazole rings is 1. The Hall–Kier alpha value is -2.25. The predicted molar refractivity (Wildman–Crippen MR) is 89.2 cm³/mol. The van der Waals surface area contributed by atoms with Crippen molar-refractivity contribution >= 4 is 5.91 Å². The van der Waals surface area contributed by atoms with E-state index in [1.165, 1.54) is 0 Å². The van der Waals surface area contributed by atoms with Crippen molar-refractivity contribution < 1.29 is 9.53 Å². The molecule has 3 heterocycles. The summed E-state index contributed by atoms with van der Waals surface area (Å²) >= 11 is 0. The third kappa shape index (κ3) is 4.18. The van der Waals surface area contributed by atoms with Gasteiger partial charge in [0.25, 0.3) is 0 Å². The van der Waals surface area contributed by atoms with Crippen LogP contribution in [0.15, 0.2) is 30.7 Å². The molecule has 0 saturated carbocycles. The van der Waals surface area contributed by atoms with Crippen LogP contribution in [0.25, 0.3) is 0 Å². The number of amides is 1. The maximum atomic E-state index is 12.6. The normalized spacial score (nSPS) is 18.1. The van der Waals surface area contributed by atoms with Gasteiger partial charge < -0.3 is 14.6 Å². The number of H-pyrrole nitrogens is 1. The molecule has 3 rings (SSSR count). The van der Waals surface area contributed by atoms with E-state index in [1.54, 1.807) is 12.4 Å². The predicted octanol–water partition coefficient (Wildman–Crippen LogP) is 1.15. The van der Waals surface area contributed by atoms with Gasteiger partial charge in [0, 0.05) is 37.4 Å². The van der Waals surface area contributed by atoms with Crippen LogP contribution in [0, 0.1) is 6.92 Å². The molecule has 0 bridgehead atoms. The molecule has 1 N–H and O–H groups in total. The molecule has 0 aromatic carbocycles. The Morgan fingerprint density at radius 3 is 3.08 bits per heavy atom. The maximum Gasteiger partial charge on any atom is 0.236 e. The van der Waals surface area contributed by atoms with Crippen molar-refractivity contribution in [1.82, 2.24) is 24.8 Å². The van der Waals surface area contributed by atoms with E-state index in [1.807, 2.05) is 42.1 Å². The summed E-state index contributed by atoms with van der Waals surface area (Å²) in [6.45, 7) is 4.71. The highest BCUT2D eigenvalue weighted by Crippen LogP contribution is 2.19. The molecule has 0 radical (unpaired) electrons. The second kappa shape index (κ2) is 7.55. The average Bonchev–Trinajstić information content (AvgIpc) is 3.02. The highest BCUT2D eigenvalue weighted by Gasteiger charge is 2.27. The van der Waals surface area contributed by atoms with Gasteiger partial charge in [-0.05, 0) is 25.6 Å². The molecule has 1 atom stereocenters. The number of likely N-dealkylation sites (N-methyl/N-ethyl adjacent to an activating group) is 1. The fourth-order valence-corrected chi connectivity index (χ4v) is 2.83. The van der Waals surface area contributed by atoms with Gasteiger partial charge in [0.1, 0.15) is 11.9 Å². The number of aromatic amines is 1. The van der Waals surface area contributed by atoms with Gasteiger partial charge in [-0.2, -0.15) is 0 Å². The third-order valence-electron chi connectivity index (χ3n) is 4.03. The molecule has 7 heteroatoms. The lowest BCUT2D eigenvalue weighted by Gasteiger charge is -2.33. The maximum absolute atomic E-state index is 12.6. The van der Waals surface area contributed by atoms with Gasteiger partial charge in [-0.1, -0.05) is 6.07 Å². The molecule has 2 aromatic rings. The van der Waals surface area contributed by atoms with Crippen LogP contribution in [-0.2, 0) is 16.1 Å². The Morgan fingerprint density at radius 1 is 1.50 bits per heavy atom. The molecule has 24 heavy (non-hydrogen) atoms. The van der Waals surface area contributed by atoms with Crippen LogP contribution in [0.4, 0.5) is 0 Å². The van der Waals surface area contributed by atoms with E-state index >= 15 is 0 Å². The van der Waals surface area contributed by atoms with Crippen LogP contribution in [0.2, 0.25) is 0 Å². The highest BCUT2D eigenvalue weighted by atomic mass is 16.5. The minimum Gasteiger partial charge on any atom is -0.367 e. The van der Waals surface area contributed by atoms with Crippen LogP contribution in [0.3, 0.4) is 0 Å². The second-order valence-electron chi connectivity index (χ2n) is 6.18.